The van der Waals surface area contributed by atoms with E-state index in [1.165, 1.54) is 0 Å². The Morgan fingerprint density at radius 3 is 2.59 bits per heavy atom. The fourth-order valence-electron chi connectivity index (χ4n) is 1.71. The molecule has 0 atom stereocenters. The molecule has 0 aliphatic heterocycles. The summed E-state index contributed by atoms with van der Waals surface area (Å²) in [6.45, 7) is 4.54. The Hall–Kier alpha value is -1.26. The number of carbonyl (C=O) groups is 1. The number of hydrogen-bond donors (Lipinski definition) is 2. The van der Waals surface area contributed by atoms with Gasteiger partial charge in [0.15, 0.2) is 0 Å². The second-order valence-corrected chi connectivity index (χ2v) is 4.60. The van der Waals surface area contributed by atoms with Crippen LogP contribution in [0.25, 0.3) is 0 Å². The van der Waals surface area contributed by atoms with E-state index in [-0.39, 0.29) is 18.5 Å². The molecule has 1 aromatic rings. The first-order chi connectivity index (χ1) is 7.95. The number of primary amides is 1. The highest BCUT2D eigenvalue weighted by atomic mass is 35.5. The number of halogens is 1. The zero-order chi connectivity index (χ0) is 13.0. The standard InChI is InChI=1S/C12H18ClN3O/c1-8(2)16(7-12(15)17)11-4-3-10(13)5-9(11)6-14/h3-5,8H,6-7,14H2,1-2H3,(H2,15,17). The van der Waals surface area contributed by atoms with Crippen molar-refractivity contribution in [1.82, 2.24) is 0 Å². The van der Waals surface area contributed by atoms with E-state index in [1.54, 1.807) is 6.07 Å². The third kappa shape index (κ3) is 3.61. The maximum Gasteiger partial charge on any atom is 0.236 e. The number of nitrogens with two attached hydrogens (primary N) is 2. The molecule has 0 aliphatic carbocycles. The van der Waals surface area contributed by atoms with Gasteiger partial charge < -0.3 is 16.4 Å². The van der Waals surface area contributed by atoms with Crippen molar-refractivity contribution in [3.8, 4) is 0 Å². The molecule has 0 heterocycles. The van der Waals surface area contributed by atoms with Crippen LogP contribution in [0, 0.1) is 0 Å². The minimum absolute atomic E-state index is 0.161. The third-order valence-corrected chi connectivity index (χ3v) is 2.76. The number of benzene rings is 1. The van der Waals surface area contributed by atoms with E-state index in [1.807, 2.05) is 30.9 Å². The van der Waals surface area contributed by atoms with Crippen LogP contribution in [0.3, 0.4) is 0 Å². The molecule has 0 radical (unpaired) electrons. The first kappa shape index (κ1) is 13.8. The average Bonchev–Trinajstić information content (AvgIpc) is 2.25. The van der Waals surface area contributed by atoms with Crippen molar-refractivity contribution < 1.29 is 4.79 Å². The highest BCUT2D eigenvalue weighted by Gasteiger charge is 2.16. The number of carbonyl (C=O) groups excluding carboxylic acids is 1. The van der Waals surface area contributed by atoms with E-state index >= 15 is 0 Å². The Morgan fingerprint density at radius 2 is 2.12 bits per heavy atom. The van der Waals surface area contributed by atoms with Crippen LogP contribution in [0.15, 0.2) is 18.2 Å². The Morgan fingerprint density at radius 1 is 1.47 bits per heavy atom. The topological polar surface area (TPSA) is 72.3 Å². The first-order valence-electron chi connectivity index (χ1n) is 5.49. The van der Waals surface area contributed by atoms with Gasteiger partial charge in [-0.05, 0) is 37.6 Å². The first-order valence-corrected chi connectivity index (χ1v) is 5.87. The molecule has 0 saturated carbocycles. The minimum atomic E-state index is -0.364. The van der Waals surface area contributed by atoms with Crippen molar-refractivity contribution in [3.05, 3.63) is 28.8 Å². The Bertz CT molecular complexity index is 407. The summed E-state index contributed by atoms with van der Waals surface area (Å²) in [6, 6.07) is 5.63. The van der Waals surface area contributed by atoms with Crippen LogP contribution in [-0.2, 0) is 11.3 Å². The van der Waals surface area contributed by atoms with E-state index in [9.17, 15) is 4.79 Å². The quantitative estimate of drug-likeness (QED) is 0.838. The fraction of sp³-hybridized carbons (Fsp3) is 0.417. The van der Waals surface area contributed by atoms with E-state index < -0.39 is 0 Å². The predicted octanol–water partition coefficient (Wildman–Crippen LogP) is 1.50. The second-order valence-electron chi connectivity index (χ2n) is 4.17. The molecule has 4 N–H and O–H groups in total. The Labute approximate surface area is 107 Å². The normalized spacial score (nSPS) is 10.6. The monoisotopic (exact) mass is 255 g/mol. The predicted molar refractivity (Wildman–Crippen MR) is 71.0 cm³/mol. The van der Waals surface area contributed by atoms with Gasteiger partial charge in [-0.1, -0.05) is 11.6 Å². The number of hydrogen-bond acceptors (Lipinski definition) is 3. The molecule has 0 spiro atoms. The highest BCUT2D eigenvalue weighted by Crippen LogP contribution is 2.25. The van der Waals surface area contributed by atoms with Gasteiger partial charge in [0.05, 0.1) is 6.54 Å². The largest absolute Gasteiger partial charge is 0.368 e. The van der Waals surface area contributed by atoms with Crippen molar-refractivity contribution in [2.75, 3.05) is 11.4 Å². The molecule has 0 bridgehead atoms. The van der Waals surface area contributed by atoms with Gasteiger partial charge in [0.2, 0.25) is 5.91 Å². The average molecular weight is 256 g/mol. The molecule has 94 valence electrons. The van der Waals surface area contributed by atoms with Crippen molar-refractivity contribution in [2.45, 2.75) is 26.4 Å². The van der Waals surface area contributed by atoms with Crippen molar-refractivity contribution in [3.63, 3.8) is 0 Å². The third-order valence-electron chi connectivity index (χ3n) is 2.52. The summed E-state index contributed by atoms with van der Waals surface area (Å²) >= 11 is 5.92. The van der Waals surface area contributed by atoms with Crippen LogP contribution < -0.4 is 16.4 Å². The van der Waals surface area contributed by atoms with Gasteiger partial charge in [0.25, 0.3) is 0 Å². The molecule has 0 aliphatic rings. The van der Waals surface area contributed by atoms with Crippen molar-refractivity contribution >= 4 is 23.2 Å². The molecule has 1 amide bonds. The SMILES string of the molecule is CC(C)N(CC(N)=O)c1ccc(Cl)cc1CN. The number of rotatable bonds is 5. The summed E-state index contributed by atoms with van der Waals surface area (Å²) in [7, 11) is 0. The molecule has 5 heteroatoms. The van der Waals surface area contributed by atoms with E-state index in [2.05, 4.69) is 0 Å². The molecule has 0 fully saturated rings. The van der Waals surface area contributed by atoms with E-state index in [0.29, 0.717) is 11.6 Å². The highest BCUT2D eigenvalue weighted by molar-refractivity contribution is 6.30. The number of anilines is 1. The fourth-order valence-corrected chi connectivity index (χ4v) is 1.91. The van der Waals surface area contributed by atoms with Gasteiger partial charge in [-0.25, -0.2) is 0 Å². The summed E-state index contributed by atoms with van der Waals surface area (Å²) in [5.74, 6) is -0.364. The molecule has 4 nitrogen and oxygen atoms in total. The molecule has 0 aromatic heterocycles. The van der Waals surface area contributed by atoms with Crippen LogP contribution in [0.4, 0.5) is 5.69 Å². The lowest BCUT2D eigenvalue weighted by Gasteiger charge is -2.29. The van der Waals surface area contributed by atoms with Crippen LogP contribution in [0.1, 0.15) is 19.4 Å². The lowest BCUT2D eigenvalue weighted by molar-refractivity contribution is -0.116. The Kier molecular flexibility index (Phi) is 4.78. The molecule has 1 rings (SSSR count). The molecule has 1 aromatic carbocycles. The van der Waals surface area contributed by atoms with Crippen LogP contribution in [0.5, 0.6) is 0 Å². The van der Waals surface area contributed by atoms with Gasteiger partial charge in [-0.3, -0.25) is 4.79 Å². The zero-order valence-electron chi connectivity index (χ0n) is 10.1. The number of amides is 1. The summed E-state index contributed by atoms with van der Waals surface area (Å²) in [4.78, 5) is 13.0. The zero-order valence-corrected chi connectivity index (χ0v) is 10.9. The van der Waals surface area contributed by atoms with Crippen LogP contribution in [0.2, 0.25) is 5.02 Å². The van der Waals surface area contributed by atoms with Gasteiger partial charge in [0, 0.05) is 23.3 Å². The van der Waals surface area contributed by atoms with Gasteiger partial charge in [-0.15, -0.1) is 0 Å². The summed E-state index contributed by atoms with van der Waals surface area (Å²) in [5, 5.41) is 0.636. The smallest absolute Gasteiger partial charge is 0.236 e. The number of nitrogens with zero attached hydrogens (tertiary/aromatic N) is 1. The summed E-state index contributed by atoms with van der Waals surface area (Å²) in [6.07, 6.45) is 0. The van der Waals surface area contributed by atoms with Crippen molar-refractivity contribution in [2.24, 2.45) is 11.5 Å². The Balaban J connectivity index is 3.13. The van der Waals surface area contributed by atoms with Gasteiger partial charge in [-0.2, -0.15) is 0 Å². The van der Waals surface area contributed by atoms with E-state index in [0.717, 1.165) is 11.3 Å². The van der Waals surface area contributed by atoms with E-state index in [4.69, 9.17) is 23.1 Å². The molecular weight excluding hydrogens is 238 g/mol. The van der Waals surface area contributed by atoms with Crippen molar-refractivity contribution in [1.29, 1.82) is 0 Å². The lowest BCUT2D eigenvalue weighted by Crippen LogP contribution is -2.39. The maximum atomic E-state index is 11.1. The molecule has 0 unspecified atom stereocenters. The molecule has 0 saturated heterocycles. The molecular formula is C12H18ClN3O. The lowest BCUT2D eigenvalue weighted by atomic mass is 10.1. The molecule has 17 heavy (non-hydrogen) atoms. The van der Waals surface area contributed by atoms with Gasteiger partial charge in [0.1, 0.15) is 0 Å². The summed E-state index contributed by atoms with van der Waals surface area (Å²) < 4.78 is 0. The van der Waals surface area contributed by atoms with Gasteiger partial charge >= 0.3 is 0 Å². The second kappa shape index (κ2) is 5.89. The van der Waals surface area contributed by atoms with Crippen LogP contribution >= 0.6 is 11.6 Å². The van der Waals surface area contributed by atoms with Crippen LogP contribution in [-0.4, -0.2) is 18.5 Å². The summed E-state index contributed by atoms with van der Waals surface area (Å²) in [5.41, 5.74) is 12.8. The maximum absolute atomic E-state index is 11.1. The minimum Gasteiger partial charge on any atom is -0.368 e.